The van der Waals surface area contributed by atoms with E-state index in [0.717, 1.165) is 12.2 Å². The molecule has 1 saturated carbocycles. The van der Waals surface area contributed by atoms with Crippen molar-refractivity contribution in [3.8, 4) is 0 Å². The number of rotatable bonds is 6. The van der Waals surface area contributed by atoms with Crippen LogP contribution in [0.15, 0.2) is 6.33 Å². The summed E-state index contributed by atoms with van der Waals surface area (Å²) >= 11 is 0. The van der Waals surface area contributed by atoms with E-state index in [1.54, 1.807) is 0 Å². The summed E-state index contributed by atoms with van der Waals surface area (Å²) in [5.41, 5.74) is 0. The SMILES string of the molecule is O=C(O)C1CC1C(=O)NCCCc1ncn[nH]1. The summed E-state index contributed by atoms with van der Waals surface area (Å²) in [7, 11) is 0. The number of carbonyl (C=O) groups is 2. The summed E-state index contributed by atoms with van der Waals surface area (Å²) in [5.74, 6) is -1.07. The Hall–Kier alpha value is -1.92. The first kappa shape index (κ1) is 11.6. The largest absolute Gasteiger partial charge is 0.481 e. The van der Waals surface area contributed by atoms with Crippen molar-refractivity contribution in [1.82, 2.24) is 20.5 Å². The predicted molar refractivity (Wildman–Crippen MR) is 56.9 cm³/mol. The van der Waals surface area contributed by atoms with Gasteiger partial charge in [0.05, 0.1) is 11.8 Å². The molecule has 1 aromatic heterocycles. The molecule has 2 unspecified atom stereocenters. The first-order chi connectivity index (χ1) is 8.18. The third kappa shape index (κ3) is 3.02. The van der Waals surface area contributed by atoms with Gasteiger partial charge in [0.2, 0.25) is 5.91 Å². The molecule has 1 fully saturated rings. The van der Waals surface area contributed by atoms with E-state index >= 15 is 0 Å². The molecule has 7 heteroatoms. The van der Waals surface area contributed by atoms with Crippen molar-refractivity contribution in [3.05, 3.63) is 12.2 Å². The van der Waals surface area contributed by atoms with Gasteiger partial charge < -0.3 is 10.4 Å². The van der Waals surface area contributed by atoms with Crippen molar-refractivity contribution in [2.45, 2.75) is 19.3 Å². The van der Waals surface area contributed by atoms with Gasteiger partial charge in [-0.05, 0) is 12.8 Å². The lowest BCUT2D eigenvalue weighted by Gasteiger charge is -2.02. The lowest BCUT2D eigenvalue weighted by Crippen LogP contribution is -2.27. The highest BCUT2D eigenvalue weighted by Crippen LogP contribution is 2.38. The van der Waals surface area contributed by atoms with E-state index in [4.69, 9.17) is 5.11 Å². The van der Waals surface area contributed by atoms with Crippen molar-refractivity contribution in [1.29, 1.82) is 0 Å². The monoisotopic (exact) mass is 238 g/mol. The fourth-order valence-corrected chi connectivity index (χ4v) is 1.71. The number of hydrogen-bond acceptors (Lipinski definition) is 4. The fraction of sp³-hybridized carbons (Fsp3) is 0.600. The Bertz CT molecular complexity index is 404. The summed E-state index contributed by atoms with van der Waals surface area (Å²) in [6, 6.07) is 0. The van der Waals surface area contributed by atoms with Crippen LogP contribution in [0.25, 0.3) is 0 Å². The highest BCUT2D eigenvalue weighted by molar-refractivity contribution is 5.89. The maximum atomic E-state index is 11.5. The molecule has 17 heavy (non-hydrogen) atoms. The van der Waals surface area contributed by atoms with E-state index in [0.29, 0.717) is 19.4 Å². The molecule has 1 aromatic rings. The number of aliphatic carboxylic acids is 1. The molecular formula is C10H14N4O3. The number of H-pyrrole nitrogens is 1. The van der Waals surface area contributed by atoms with Gasteiger partial charge >= 0.3 is 5.97 Å². The van der Waals surface area contributed by atoms with Crippen LogP contribution in [0.2, 0.25) is 0 Å². The van der Waals surface area contributed by atoms with Crippen LogP contribution in [-0.2, 0) is 16.0 Å². The number of aryl methyl sites for hydroxylation is 1. The van der Waals surface area contributed by atoms with Crippen LogP contribution in [0.1, 0.15) is 18.7 Å². The summed E-state index contributed by atoms with van der Waals surface area (Å²) in [6.07, 6.45) is 3.37. The number of aromatic nitrogens is 3. The average Bonchev–Trinajstić information content (AvgIpc) is 2.95. The minimum Gasteiger partial charge on any atom is -0.481 e. The molecule has 0 radical (unpaired) electrons. The van der Waals surface area contributed by atoms with E-state index in [9.17, 15) is 9.59 Å². The number of nitrogens with one attached hydrogen (secondary N) is 2. The molecule has 1 aliphatic carbocycles. The number of amides is 1. The second-order valence-electron chi connectivity index (χ2n) is 4.11. The number of carboxylic acids is 1. The molecule has 0 aromatic carbocycles. The number of carboxylic acid groups (broad SMARTS) is 1. The van der Waals surface area contributed by atoms with Crippen LogP contribution >= 0.6 is 0 Å². The number of hydrogen-bond donors (Lipinski definition) is 3. The van der Waals surface area contributed by atoms with Gasteiger partial charge in [-0.3, -0.25) is 14.7 Å². The van der Waals surface area contributed by atoms with Gasteiger partial charge in [0.15, 0.2) is 0 Å². The van der Waals surface area contributed by atoms with Crippen molar-refractivity contribution in [3.63, 3.8) is 0 Å². The third-order valence-electron chi connectivity index (χ3n) is 2.80. The second-order valence-corrected chi connectivity index (χ2v) is 4.11. The normalized spacial score (nSPS) is 22.1. The summed E-state index contributed by atoms with van der Waals surface area (Å²) in [4.78, 5) is 26.0. The first-order valence-corrected chi connectivity index (χ1v) is 5.53. The maximum Gasteiger partial charge on any atom is 0.307 e. The lowest BCUT2D eigenvalue weighted by molar-refractivity contribution is -0.140. The molecule has 0 saturated heterocycles. The average molecular weight is 238 g/mol. The van der Waals surface area contributed by atoms with Crippen molar-refractivity contribution >= 4 is 11.9 Å². The Labute approximate surface area is 97.6 Å². The Morgan fingerprint density at radius 1 is 1.53 bits per heavy atom. The van der Waals surface area contributed by atoms with Crippen molar-refractivity contribution < 1.29 is 14.7 Å². The quantitative estimate of drug-likeness (QED) is 0.583. The molecule has 92 valence electrons. The molecule has 1 amide bonds. The van der Waals surface area contributed by atoms with Crippen molar-refractivity contribution in [2.24, 2.45) is 11.8 Å². The first-order valence-electron chi connectivity index (χ1n) is 5.53. The molecule has 1 aliphatic rings. The molecular weight excluding hydrogens is 224 g/mol. The molecule has 0 spiro atoms. The lowest BCUT2D eigenvalue weighted by atomic mass is 10.2. The highest BCUT2D eigenvalue weighted by Gasteiger charge is 2.48. The van der Waals surface area contributed by atoms with E-state index in [2.05, 4.69) is 20.5 Å². The molecule has 0 aliphatic heterocycles. The van der Waals surface area contributed by atoms with Gasteiger partial charge in [-0.1, -0.05) is 0 Å². The molecule has 7 nitrogen and oxygen atoms in total. The second kappa shape index (κ2) is 4.94. The maximum absolute atomic E-state index is 11.5. The van der Waals surface area contributed by atoms with Crippen molar-refractivity contribution in [2.75, 3.05) is 6.54 Å². The zero-order valence-corrected chi connectivity index (χ0v) is 9.22. The number of carbonyl (C=O) groups excluding carboxylic acids is 1. The fourth-order valence-electron chi connectivity index (χ4n) is 1.71. The molecule has 0 bridgehead atoms. The molecule has 1 heterocycles. The smallest absolute Gasteiger partial charge is 0.307 e. The number of aromatic amines is 1. The van der Waals surface area contributed by atoms with Crippen LogP contribution in [-0.4, -0.2) is 38.7 Å². The minimum atomic E-state index is -0.883. The van der Waals surface area contributed by atoms with E-state index < -0.39 is 11.9 Å². The van der Waals surface area contributed by atoms with Gasteiger partial charge in [-0.25, -0.2) is 4.98 Å². The van der Waals surface area contributed by atoms with Crippen LogP contribution in [0.5, 0.6) is 0 Å². The Morgan fingerprint density at radius 3 is 2.94 bits per heavy atom. The summed E-state index contributed by atoms with van der Waals surface area (Å²) in [5, 5.41) is 17.8. The Balaban J connectivity index is 1.60. The Kier molecular flexibility index (Phi) is 3.36. The molecule has 2 rings (SSSR count). The van der Waals surface area contributed by atoms with Gasteiger partial charge in [0.1, 0.15) is 12.2 Å². The zero-order valence-electron chi connectivity index (χ0n) is 9.22. The van der Waals surface area contributed by atoms with Gasteiger partial charge in [-0.2, -0.15) is 5.10 Å². The minimum absolute atomic E-state index is 0.157. The van der Waals surface area contributed by atoms with Gasteiger partial charge in [-0.15, -0.1) is 0 Å². The predicted octanol–water partition coefficient (Wildman–Crippen LogP) is -0.426. The molecule has 2 atom stereocenters. The topological polar surface area (TPSA) is 108 Å². The number of nitrogens with zero attached hydrogens (tertiary/aromatic N) is 2. The zero-order chi connectivity index (χ0) is 12.3. The summed E-state index contributed by atoms with van der Waals surface area (Å²) in [6.45, 7) is 0.530. The van der Waals surface area contributed by atoms with E-state index in [1.807, 2.05) is 0 Å². The third-order valence-corrected chi connectivity index (χ3v) is 2.80. The highest BCUT2D eigenvalue weighted by atomic mass is 16.4. The van der Waals surface area contributed by atoms with Crippen LogP contribution in [0.3, 0.4) is 0 Å². The van der Waals surface area contributed by atoms with Crippen LogP contribution in [0.4, 0.5) is 0 Å². The van der Waals surface area contributed by atoms with Crippen LogP contribution in [0, 0.1) is 11.8 Å². The van der Waals surface area contributed by atoms with Gasteiger partial charge in [0.25, 0.3) is 0 Å². The standard InChI is InChI=1S/C10H14N4O3/c15-9(6-4-7(6)10(16)17)11-3-1-2-8-12-5-13-14-8/h5-7H,1-4H2,(H,11,15)(H,16,17)(H,12,13,14). The van der Waals surface area contributed by atoms with E-state index in [1.165, 1.54) is 6.33 Å². The van der Waals surface area contributed by atoms with Gasteiger partial charge in [0, 0.05) is 13.0 Å². The summed E-state index contributed by atoms with van der Waals surface area (Å²) < 4.78 is 0. The Morgan fingerprint density at radius 2 is 2.35 bits per heavy atom. The van der Waals surface area contributed by atoms with E-state index in [-0.39, 0.29) is 11.8 Å². The van der Waals surface area contributed by atoms with Crippen LogP contribution < -0.4 is 5.32 Å². The molecule has 3 N–H and O–H groups in total.